The van der Waals surface area contributed by atoms with Crippen molar-refractivity contribution in [3.63, 3.8) is 0 Å². The van der Waals surface area contributed by atoms with E-state index in [0.29, 0.717) is 22.4 Å². The van der Waals surface area contributed by atoms with Crippen molar-refractivity contribution < 1.29 is 9.90 Å². The number of aliphatic hydroxyl groups is 1. The highest BCUT2D eigenvalue weighted by molar-refractivity contribution is 6.41. The van der Waals surface area contributed by atoms with Crippen molar-refractivity contribution in [2.45, 2.75) is 26.7 Å². The van der Waals surface area contributed by atoms with Crippen LogP contribution in [-0.4, -0.2) is 28.7 Å². The molecule has 0 aliphatic carbocycles. The molecule has 0 bridgehead atoms. The first-order chi connectivity index (χ1) is 8.78. The minimum atomic E-state index is -0.196. The van der Waals surface area contributed by atoms with Crippen LogP contribution in [0.5, 0.6) is 0 Å². The van der Waals surface area contributed by atoms with Crippen LogP contribution in [0.3, 0.4) is 0 Å². The molecule has 1 aromatic heterocycles. The Hall–Kier alpha value is -0.710. The van der Waals surface area contributed by atoms with Gasteiger partial charge in [0, 0.05) is 20.2 Å². The van der Waals surface area contributed by atoms with Gasteiger partial charge in [0.05, 0.1) is 5.02 Å². The Balaban J connectivity index is 2.46. The van der Waals surface area contributed by atoms with Gasteiger partial charge in [-0.3, -0.25) is 4.79 Å². The van der Waals surface area contributed by atoms with Crippen LogP contribution < -0.4 is 5.32 Å². The molecule has 1 heterocycles. The maximum Gasteiger partial charge on any atom is 0.267 e. The molecule has 0 aromatic carbocycles. The van der Waals surface area contributed by atoms with Crippen molar-refractivity contribution >= 4 is 29.1 Å². The van der Waals surface area contributed by atoms with Crippen LogP contribution in [0.15, 0.2) is 6.07 Å². The summed E-state index contributed by atoms with van der Waals surface area (Å²) in [6.45, 7) is 4.68. The van der Waals surface area contributed by atoms with Gasteiger partial charge in [0.15, 0.2) is 0 Å². The van der Waals surface area contributed by atoms with Crippen LogP contribution in [-0.2, 0) is 7.05 Å². The number of aliphatic hydroxyl groups excluding tert-OH is 1. The smallest absolute Gasteiger partial charge is 0.267 e. The fraction of sp³-hybridized carbons (Fsp3) is 0.615. The highest BCUT2D eigenvalue weighted by Gasteiger charge is 2.17. The predicted molar refractivity (Wildman–Crippen MR) is 77.9 cm³/mol. The van der Waals surface area contributed by atoms with Crippen LogP contribution in [0.2, 0.25) is 10.2 Å². The van der Waals surface area contributed by atoms with Crippen LogP contribution in [0.25, 0.3) is 0 Å². The maximum absolute atomic E-state index is 11.9. The first kappa shape index (κ1) is 16.3. The fourth-order valence-electron chi connectivity index (χ4n) is 1.70. The Kier molecular flexibility index (Phi) is 5.71. The normalized spacial score (nSPS) is 11.7. The molecule has 0 aliphatic rings. The zero-order valence-electron chi connectivity index (χ0n) is 11.5. The molecule has 0 radical (unpaired) electrons. The van der Waals surface area contributed by atoms with E-state index in [1.807, 2.05) is 13.8 Å². The average molecular weight is 307 g/mol. The summed E-state index contributed by atoms with van der Waals surface area (Å²) >= 11 is 11.8. The fourth-order valence-corrected chi connectivity index (χ4v) is 2.07. The summed E-state index contributed by atoms with van der Waals surface area (Å²) in [7, 11) is 1.69. The molecule has 6 heteroatoms. The van der Waals surface area contributed by atoms with Crippen molar-refractivity contribution in [2.75, 3.05) is 13.2 Å². The van der Waals surface area contributed by atoms with Crippen molar-refractivity contribution in [3.05, 3.63) is 21.9 Å². The second-order valence-electron chi connectivity index (χ2n) is 5.41. The van der Waals surface area contributed by atoms with Crippen molar-refractivity contribution in [1.82, 2.24) is 9.88 Å². The highest BCUT2D eigenvalue weighted by Crippen LogP contribution is 2.25. The van der Waals surface area contributed by atoms with Gasteiger partial charge in [-0.15, -0.1) is 0 Å². The third-order valence-corrected chi connectivity index (χ3v) is 3.93. The number of carbonyl (C=O) groups excluding carboxylic acids is 1. The minimum Gasteiger partial charge on any atom is -0.396 e. The van der Waals surface area contributed by atoms with Gasteiger partial charge in [-0.05, 0) is 24.3 Å². The molecule has 0 spiro atoms. The third kappa shape index (κ3) is 4.41. The lowest BCUT2D eigenvalue weighted by Gasteiger charge is -2.21. The maximum atomic E-state index is 11.9. The molecule has 1 rings (SSSR count). The summed E-state index contributed by atoms with van der Waals surface area (Å²) in [5.74, 6) is -0.196. The summed E-state index contributed by atoms with van der Waals surface area (Å²) in [4.78, 5) is 11.9. The molecule has 108 valence electrons. The first-order valence-corrected chi connectivity index (χ1v) is 6.94. The number of carbonyl (C=O) groups is 1. The Morgan fingerprint density at radius 1 is 1.47 bits per heavy atom. The largest absolute Gasteiger partial charge is 0.396 e. The van der Waals surface area contributed by atoms with Crippen LogP contribution in [0.4, 0.5) is 0 Å². The highest BCUT2D eigenvalue weighted by atomic mass is 35.5. The van der Waals surface area contributed by atoms with Gasteiger partial charge in [-0.25, -0.2) is 0 Å². The van der Waals surface area contributed by atoms with E-state index in [-0.39, 0.29) is 17.9 Å². The zero-order chi connectivity index (χ0) is 14.6. The van der Waals surface area contributed by atoms with Crippen LogP contribution in [0.1, 0.15) is 37.2 Å². The molecule has 0 fully saturated rings. The molecule has 0 saturated carbocycles. The summed E-state index contributed by atoms with van der Waals surface area (Å²) in [6.07, 6.45) is 1.66. The van der Waals surface area contributed by atoms with Gasteiger partial charge in [-0.2, -0.15) is 0 Å². The number of hydrogen-bond acceptors (Lipinski definition) is 2. The molecule has 0 unspecified atom stereocenters. The number of nitrogens with zero attached hydrogens (tertiary/aromatic N) is 1. The molecule has 0 saturated heterocycles. The lowest BCUT2D eigenvalue weighted by atomic mass is 9.89. The lowest BCUT2D eigenvalue weighted by Crippen LogP contribution is -2.27. The second kappa shape index (κ2) is 6.64. The zero-order valence-corrected chi connectivity index (χ0v) is 13.0. The SMILES string of the molecule is Cn1c(C(=O)NCCCC(C)(C)CO)cc(Cl)c1Cl. The van der Waals surface area contributed by atoms with E-state index in [4.69, 9.17) is 28.3 Å². The number of aromatic nitrogens is 1. The number of halogens is 2. The van der Waals surface area contributed by atoms with E-state index in [1.54, 1.807) is 17.7 Å². The molecular weight excluding hydrogens is 287 g/mol. The summed E-state index contributed by atoms with van der Waals surface area (Å²) < 4.78 is 1.55. The summed E-state index contributed by atoms with van der Waals surface area (Å²) in [5, 5.41) is 12.7. The van der Waals surface area contributed by atoms with Crippen LogP contribution in [0, 0.1) is 5.41 Å². The number of nitrogens with one attached hydrogen (secondary N) is 1. The van der Waals surface area contributed by atoms with E-state index in [0.717, 1.165) is 12.8 Å². The Morgan fingerprint density at radius 2 is 2.11 bits per heavy atom. The van der Waals surface area contributed by atoms with E-state index >= 15 is 0 Å². The van der Waals surface area contributed by atoms with Crippen LogP contribution >= 0.6 is 23.2 Å². The standard InChI is InChI=1S/C13H20Cl2N2O2/c1-13(2,8-18)5-4-6-16-12(19)10-7-9(14)11(15)17(10)3/h7,18H,4-6,8H2,1-3H3,(H,16,19). The average Bonchev–Trinajstić information content (AvgIpc) is 2.62. The lowest BCUT2D eigenvalue weighted by molar-refractivity contribution is 0.0940. The van der Waals surface area contributed by atoms with Gasteiger partial charge in [0.25, 0.3) is 5.91 Å². The Bertz CT molecular complexity index is 456. The molecule has 1 amide bonds. The van der Waals surface area contributed by atoms with E-state index in [9.17, 15) is 4.79 Å². The second-order valence-corrected chi connectivity index (χ2v) is 6.17. The molecule has 1 aromatic rings. The van der Waals surface area contributed by atoms with Gasteiger partial charge >= 0.3 is 0 Å². The van der Waals surface area contributed by atoms with E-state index in [2.05, 4.69) is 5.32 Å². The molecule has 0 atom stereocenters. The molecule has 4 nitrogen and oxygen atoms in total. The molecule has 19 heavy (non-hydrogen) atoms. The van der Waals surface area contributed by atoms with Crippen molar-refractivity contribution in [3.8, 4) is 0 Å². The topological polar surface area (TPSA) is 54.3 Å². The van der Waals surface area contributed by atoms with Gasteiger partial charge < -0.3 is 15.0 Å². The summed E-state index contributed by atoms with van der Waals surface area (Å²) in [6, 6.07) is 1.55. The molecule has 2 N–H and O–H groups in total. The van der Waals surface area contributed by atoms with Gasteiger partial charge in [0.1, 0.15) is 10.8 Å². The number of amides is 1. The Labute approximate surface area is 123 Å². The summed E-state index contributed by atoms with van der Waals surface area (Å²) in [5.41, 5.74) is 0.332. The molecular formula is C13H20Cl2N2O2. The molecule has 0 aliphatic heterocycles. The predicted octanol–water partition coefficient (Wildman–Crippen LogP) is 2.86. The van der Waals surface area contributed by atoms with Gasteiger partial charge in [-0.1, -0.05) is 37.0 Å². The minimum absolute atomic E-state index is 0.109. The third-order valence-electron chi connectivity index (χ3n) is 3.09. The number of rotatable bonds is 6. The number of hydrogen-bond donors (Lipinski definition) is 2. The monoisotopic (exact) mass is 306 g/mol. The van der Waals surface area contributed by atoms with E-state index in [1.165, 1.54) is 0 Å². The van der Waals surface area contributed by atoms with Crippen molar-refractivity contribution in [2.24, 2.45) is 12.5 Å². The van der Waals surface area contributed by atoms with E-state index < -0.39 is 0 Å². The first-order valence-electron chi connectivity index (χ1n) is 6.18. The Morgan fingerprint density at radius 3 is 2.58 bits per heavy atom. The van der Waals surface area contributed by atoms with Gasteiger partial charge in [0.2, 0.25) is 0 Å². The van der Waals surface area contributed by atoms with Crippen molar-refractivity contribution in [1.29, 1.82) is 0 Å². The quantitative estimate of drug-likeness (QED) is 0.794.